The molecule has 0 aliphatic rings. The molecule has 0 atom stereocenters. The molecule has 0 spiro atoms. The zero-order valence-electron chi connectivity index (χ0n) is 18.2. The Balaban J connectivity index is 1.57. The summed E-state index contributed by atoms with van der Waals surface area (Å²) in [6, 6.07) is 21.8. The number of thiophene rings is 1. The first-order valence-electron chi connectivity index (χ1n) is 10.6. The van der Waals surface area contributed by atoms with E-state index in [-0.39, 0.29) is 17.6 Å². The van der Waals surface area contributed by atoms with Crippen molar-refractivity contribution in [3.05, 3.63) is 94.6 Å². The number of hydrogen-bond acceptors (Lipinski definition) is 3. The molecule has 2 N–H and O–H groups in total. The highest BCUT2D eigenvalue weighted by Crippen LogP contribution is 2.28. The van der Waals surface area contributed by atoms with Gasteiger partial charge in [-0.3, -0.25) is 9.59 Å². The van der Waals surface area contributed by atoms with Crippen molar-refractivity contribution in [1.29, 1.82) is 0 Å². The van der Waals surface area contributed by atoms with E-state index in [0.29, 0.717) is 25.1 Å². The molecule has 4 aromatic rings. The number of carbonyl (C=O) groups is 2. The van der Waals surface area contributed by atoms with Gasteiger partial charge in [-0.05, 0) is 84.1 Å². The second kappa shape index (κ2) is 10.3. The molecule has 0 unspecified atom stereocenters. The fourth-order valence-corrected chi connectivity index (χ4v) is 4.30. The first-order chi connectivity index (χ1) is 16.0. The number of carbonyl (C=O) groups excluding carboxylic acids is 2. The third-order valence-electron chi connectivity index (χ3n) is 5.20. The number of nitrogens with zero attached hydrogens (tertiary/aromatic N) is 1. The van der Waals surface area contributed by atoms with Crippen molar-refractivity contribution in [3.8, 4) is 16.9 Å². The lowest BCUT2D eigenvalue weighted by Crippen LogP contribution is -2.22. The summed E-state index contributed by atoms with van der Waals surface area (Å²) >= 11 is 1.61. The lowest BCUT2D eigenvalue weighted by Gasteiger charge is -2.15. The molecule has 168 valence electrons. The molecule has 0 aliphatic carbocycles. The van der Waals surface area contributed by atoms with Crippen LogP contribution in [0.4, 0.5) is 10.1 Å². The average Bonchev–Trinajstić information content (AvgIpc) is 3.47. The van der Waals surface area contributed by atoms with Crippen LogP contribution >= 0.6 is 11.3 Å². The summed E-state index contributed by atoms with van der Waals surface area (Å²) in [7, 11) is 0. The Kier molecular flexibility index (Phi) is 7.00. The Morgan fingerprint density at radius 2 is 1.73 bits per heavy atom. The van der Waals surface area contributed by atoms with E-state index in [1.165, 1.54) is 19.1 Å². The van der Waals surface area contributed by atoms with E-state index in [0.717, 1.165) is 27.5 Å². The highest BCUT2D eigenvalue weighted by atomic mass is 32.1. The third kappa shape index (κ3) is 5.75. The predicted molar refractivity (Wildman–Crippen MR) is 130 cm³/mol. The minimum atomic E-state index is -0.292. The molecule has 2 aromatic carbocycles. The molecule has 0 bridgehead atoms. The number of nitrogens with one attached hydrogen (secondary N) is 2. The summed E-state index contributed by atoms with van der Waals surface area (Å²) < 4.78 is 15.5. The molecule has 0 saturated heterocycles. The number of hydrogen-bond donors (Lipinski definition) is 2. The molecule has 0 saturated carbocycles. The van der Waals surface area contributed by atoms with E-state index >= 15 is 0 Å². The molecule has 2 heterocycles. The van der Waals surface area contributed by atoms with Gasteiger partial charge in [-0.25, -0.2) is 4.39 Å². The molecule has 0 fully saturated rings. The summed E-state index contributed by atoms with van der Waals surface area (Å²) in [5, 5.41) is 7.72. The van der Waals surface area contributed by atoms with Crippen molar-refractivity contribution < 1.29 is 14.0 Å². The van der Waals surface area contributed by atoms with Crippen molar-refractivity contribution in [3.63, 3.8) is 0 Å². The van der Waals surface area contributed by atoms with Crippen molar-refractivity contribution in [2.75, 3.05) is 5.32 Å². The minimum absolute atomic E-state index is 0.0134. The average molecular weight is 462 g/mol. The Morgan fingerprint density at radius 3 is 2.39 bits per heavy atom. The summed E-state index contributed by atoms with van der Waals surface area (Å²) in [6.45, 7) is 2.00. The van der Waals surface area contributed by atoms with Crippen LogP contribution in [0.3, 0.4) is 0 Å². The van der Waals surface area contributed by atoms with Gasteiger partial charge in [0.25, 0.3) is 0 Å². The predicted octanol–water partition coefficient (Wildman–Crippen LogP) is 5.55. The normalized spacial score (nSPS) is 10.7. The third-order valence-corrected chi connectivity index (χ3v) is 6.07. The number of aromatic nitrogens is 1. The minimum Gasteiger partial charge on any atom is -0.351 e. The van der Waals surface area contributed by atoms with Crippen molar-refractivity contribution >= 4 is 28.8 Å². The Hall–Kier alpha value is -3.71. The van der Waals surface area contributed by atoms with Crippen LogP contribution in [0.25, 0.3) is 16.9 Å². The molecule has 7 heteroatoms. The van der Waals surface area contributed by atoms with E-state index in [9.17, 15) is 14.0 Å². The molecule has 2 amide bonds. The second-order valence-corrected chi connectivity index (χ2v) is 8.67. The van der Waals surface area contributed by atoms with Crippen LogP contribution in [0.1, 0.15) is 23.9 Å². The number of anilines is 1. The Morgan fingerprint density at radius 1 is 0.970 bits per heavy atom. The monoisotopic (exact) mass is 461 g/mol. The van der Waals surface area contributed by atoms with E-state index in [4.69, 9.17) is 0 Å². The first kappa shape index (κ1) is 22.5. The number of rotatable bonds is 8. The Labute approximate surface area is 195 Å². The van der Waals surface area contributed by atoms with E-state index in [1.807, 2.05) is 53.9 Å². The van der Waals surface area contributed by atoms with Gasteiger partial charge in [0.05, 0.1) is 12.2 Å². The van der Waals surface area contributed by atoms with Crippen molar-refractivity contribution in [2.45, 2.75) is 26.3 Å². The van der Waals surface area contributed by atoms with E-state index < -0.39 is 0 Å². The zero-order chi connectivity index (χ0) is 23.2. The fraction of sp³-hybridized carbons (Fsp3) is 0.154. The maximum atomic E-state index is 13.5. The fourth-order valence-electron chi connectivity index (χ4n) is 3.65. The number of halogens is 1. The molecule has 0 radical (unpaired) electrons. The molecule has 5 nitrogen and oxygen atoms in total. The number of aryl methyl sites for hydroxylation is 1. The first-order valence-corrected chi connectivity index (χ1v) is 11.5. The van der Waals surface area contributed by atoms with Crippen LogP contribution in [0.2, 0.25) is 0 Å². The van der Waals surface area contributed by atoms with Crippen LogP contribution in [0.15, 0.2) is 78.2 Å². The lowest BCUT2D eigenvalue weighted by atomic mass is 10.1. The van der Waals surface area contributed by atoms with E-state index in [1.54, 1.807) is 23.5 Å². The van der Waals surface area contributed by atoms with Crippen LogP contribution in [-0.4, -0.2) is 16.4 Å². The molecule has 4 rings (SSSR count). The molecular formula is C26H24FN3O2S. The maximum absolute atomic E-state index is 13.5. The molecular weight excluding hydrogens is 437 g/mol. The molecule has 2 aromatic heterocycles. The standard InChI is InChI=1S/C26H24FN3O2S/c1-18(31)29-21-8-10-22(11-9-21)30-23(12-14-25(30)19-4-6-20(27)7-5-19)13-15-26(32)28-17-24-3-2-16-33-24/h2-12,14,16H,13,15,17H2,1H3,(H,28,32)(H,29,31). The summed E-state index contributed by atoms with van der Waals surface area (Å²) in [6.07, 6.45) is 0.896. The Bertz CT molecular complexity index is 1230. The highest BCUT2D eigenvalue weighted by Gasteiger charge is 2.14. The van der Waals surface area contributed by atoms with E-state index in [2.05, 4.69) is 15.2 Å². The quantitative estimate of drug-likeness (QED) is 0.361. The number of amides is 2. The van der Waals surface area contributed by atoms with Crippen LogP contribution < -0.4 is 10.6 Å². The van der Waals surface area contributed by atoms with Gasteiger partial charge in [0.1, 0.15) is 5.82 Å². The van der Waals surface area contributed by atoms with Crippen LogP contribution in [0.5, 0.6) is 0 Å². The maximum Gasteiger partial charge on any atom is 0.221 e. The topological polar surface area (TPSA) is 63.1 Å². The van der Waals surface area contributed by atoms with Crippen LogP contribution in [0, 0.1) is 5.82 Å². The largest absolute Gasteiger partial charge is 0.351 e. The van der Waals surface area contributed by atoms with Crippen molar-refractivity contribution in [2.24, 2.45) is 0 Å². The van der Waals surface area contributed by atoms with Crippen LogP contribution in [-0.2, 0) is 22.6 Å². The summed E-state index contributed by atoms with van der Waals surface area (Å²) in [5.74, 6) is -0.440. The molecule has 33 heavy (non-hydrogen) atoms. The SMILES string of the molecule is CC(=O)Nc1ccc(-n2c(CCC(=O)NCc3cccs3)ccc2-c2ccc(F)cc2)cc1. The summed E-state index contributed by atoms with van der Waals surface area (Å²) in [4.78, 5) is 24.9. The summed E-state index contributed by atoms with van der Waals surface area (Å²) in [5.41, 5.74) is 4.33. The van der Waals surface area contributed by atoms with Gasteiger partial charge in [-0.2, -0.15) is 0 Å². The lowest BCUT2D eigenvalue weighted by molar-refractivity contribution is -0.121. The van der Waals surface area contributed by atoms with Gasteiger partial charge >= 0.3 is 0 Å². The van der Waals surface area contributed by atoms with Gasteiger partial charge in [0, 0.05) is 35.3 Å². The second-order valence-electron chi connectivity index (χ2n) is 7.64. The van der Waals surface area contributed by atoms with Gasteiger partial charge in [0.2, 0.25) is 11.8 Å². The highest BCUT2D eigenvalue weighted by molar-refractivity contribution is 7.09. The number of benzene rings is 2. The zero-order valence-corrected chi connectivity index (χ0v) is 19.0. The smallest absolute Gasteiger partial charge is 0.221 e. The van der Waals surface area contributed by atoms with Gasteiger partial charge in [-0.15, -0.1) is 11.3 Å². The van der Waals surface area contributed by atoms with Gasteiger partial charge in [-0.1, -0.05) is 6.07 Å². The van der Waals surface area contributed by atoms with Gasteiger partial charge < -0.3 is 15.2 Å². The van der Waals surface area contributed by atoms with Crippen molar-refractivity contribution in [1.82, 2.24) is 9.88 Å². The molecule has 0 aliphatic heterocycles. The van der Waals surface area contributed by atoms with Gasteiger partial charge in [0.15, 0.2) is 0 Å².